The first-order valence-corrected chi connectivity index (χ1v) is 13.1. The lowest BCUT2D eigenvalue weighted by atomic mass is 9.96. The standard InChI is InChI=1S/C24H22N2O3S3/c1-14-20(23(28)29-2)21(16-7-11-18(31-4)12-8-16)26-22(27)19(32-24(26)25-14)13-15-5-9-17(30-3)10-6-15/h5-13,21H,1-4H3. The highest BCUT2D eigenvalue weighted by Gasteiger charge is 2.33. The van der Waals surface area contributed by atoms with Gasteiger partial charge in [0.15, 0.2) is 4.80 Å². The lowest BCUT2D eigenvalue weighted by Crippen LogP contribution is -2.39. The zero-order valence-electron chi connectivity index (χ0n) is 18.1. The van der Waals surface area contributed by atoms with Crippen LogP contribution in [0.5, 0.6) is 0 Å². The Labute approximate surface area is 198 Å². The van der Waals surface area contributed by atoms with E-state index in [1.807, 2.05) is 67.1 Å². The number of nitrogens with zero attached hydrogens (tertiary/aromatic N) is 2. The number of methoxy groups -OCH3 is 1. The number of allylic oxidation sites excluding steroid dienone is 1. The Kier molecular flexibility index (Phi) is 6.74. The van der Waals surface area contributed by atoms with Crippen LogP contribution in [-0.2, 0) is 9.53 Å². The number of fused-ring (bicyclic) bond motifs is 1. The second-order valence-corrected chi connectivity index (χ2v) is 9.89. The minimum absolute atomic E-state index is 0.171. The van der Waals surface area contributed by atoms with Crippen molar-refractivity contribution in [2.45, 2.75) is 22.8 Å². The Hall–Kier alpha value is -2.55. The molecular weight excluding hydrogens is 460 g/mol. The van der Waals surface area contributed by atoms with Crippen molar-refractivity contribution in [3.8, 4) is 0 Å². The van der Waals surface area contributed by atoms with Crippen LogP contribution in [0, 0.1) is 0 Å². The fourth-order valence-electron chi connectivity index (χ4n) is 3.65. The highest BCUT2D eigenvalue weighted by Crippen LogP contribution is 2.31. The number of ether oxygens (including phenoxy) is 1. The van der Waals surface area contributed by atoms with Crippen LogP contribution >= 0.6 is 34.9 Å². The van der Waals surface area contributed by atoms with E-state index in [2.05, 4.69) is 4.99 Å². The predicted octanol–water partition coefficient (Wildman–Crippen LogP) is 3.85. The maximum atomic E-state index is 13.5. The molecule has 3 aromatic rings. The molecular formula is C24H22N2O3S3. The van der Waals surface area contributed by atoms with Gasteiger partial charge in [-0.1, -0.05) is 35.6 Å². The summed E-state index contributed by atoms with van der Waals surface area (Å²) < 4.78 is 7.24. The van der Waals surface area contributed by atoms with E-state index in [4.69, 9.17) is 4.74 Å². The lowest BCUT2D eigenvalue weighted by molar-refractivity contribution is -0.136. The number of hydrogen-bond acceptors (Lipinski definition) is 7. The van der Waals surface area contributed by atoms with Crippen LogP contribution in [0.2, 0.25) is 0 Å². The highest BCUT2D eigenvalue weighted by molar-refractivity contribution is 7.98. The van der Waals surface area contributed by atoms with Gasteiger partial charge in [-0.3, -0.25) is 9.36 Å². The van der Waals surface area contributed by atoms with Crippen molar-refractivity contribution in [3.05, 3.63) is 90.6 Å². The van der Waals surface area contributed by atoms with E-state index >= 15 is 0 Å². The Balaban J connectivity index is 1.92. The molecule has 8 heteroatoms. The molecule has 1 unspecified atom stereocenters. The van der Waals surface area contributed by atoms with Gasteiger partial charge in [0.1, 0.15) is 0 Å². The van der Waals surface area contributed by atoms with E-state index in [-0.39, 0.29) is 5.56 Å². The van der Waals surface area contributed by atoms with Crippen LogP contribution in [-0.4, -0.2) is 30.2 Å². The van der Waals surface area contributed by atoms with Gasteiger partial charge in [0, 0.05) is 9.79 Å². The van der Waals surface area contributed by atoms with Gasteiger partial charge in [-0.15, -0.1) is 23.5 Å². The molecule has 164 valence electrons. The minimum atomic E-state index is -0.587. The minimum Gasteiger partial charge on any atom is -0.466 e. The third-order valence-corrected chi connectivity index (χ3v) is 7.74. The summed E-state index contributed by atoms with van der Waals surface area (Å²) in [4.78, 5) is 33.6. The molecule has 0 N–H and O–H groups in total. The molecule has 0 amide bonds. The predicted molar refractivity (Wildman–Crippen MR) is 132 cm³/mol. The Bertz CT molecular complexity index is 1370. The number of thiazole rings is 1. The topological polar surface area (TPSA) is 60.7 Å². The lowest BCUT2D eigenvalue weighted by Gasteiger charge is -2.24. The number of rotatable bonds is 5. The first-order valence-electron chi connectivity index (χ1n) is 9.85. The van der Waals surface area contributed by atoms with Crippen molar-refractivity contribution >= 4 is 46.9 Å². The van der Waals surface area contributed by atoms with Crippen LogP contribution in [0.25, 0.3) is 6.08 Å². The maximum Gasteiger partial charge on any atom is 0.338 e. The molecule has 0 spiro atoms. The Morgan fingerprint density at radius 3 is 2.22 bits per heavy atom. The van der Waals surface area contributed by atoms with Crippen molar-refractivity contribution in [1.29, 1.82) is 0 Å². The molecule has 1 aliphatic heterocycles. The van der Waals surface area contributed by atoms with Crippen LogP contribution in [0.3, 0.4) is 0 Å². The number of aromatic nitrogens is 1. The molecule has 0 saturated carbocycles. The summed E-state index contributed by atoms with van der Waals surface area (Å²) in [5, 5.41) is 0. The average molecular weight is 483 g/mol. The molecule has 5 nitrogen and oxygen atoms in total. The Morgan fingerprint density at radius 1 is 1.06 bits per heavy atom. The summed E-state index contributed by atoms with van der Waals surface area (Å²) in [6.45, 7) is 1.79. The molecule has 0 saturated heterocycles. The van der Waals surface area contributed by atoms with Gasteiger partial charge in [0.25, 0.3) is 5.56 Å². The molecule has 0 bridgehead atoms. The molecule has 2 aromatic carbocycles. The van der Waals surface area contributed by atoms with Gasteiger partial charge in [0.2, 0.25) is 0 Å². The van der Waals surface area contributed by atoms with E-state index in [0.717, 1.165) is 20.9 Å². The van der Waals surface area contributed by atoms with Crippen molar-refractivity contribution in [2.75, 3.05) is 19.6 Å². The summed E-state index contributed by atoms with van der Waals surface area (Å²) >= 11 is 4.64. The van der Waals surface area contributed by atoms with E-state index in [9.17, 15) is 9.59 Å². The second-order valence-electron chi connectivity index (χ2n) is 7.12. The molecule has 4 rings (SSSR count). The van der Waals surface area contributed by atoms with Gasteiger partial charge in [-0.25, -0.2) is 9.79 Å². The molecule has 0 radical (unpaired) electrons. The monoisotopic (exact) mass is 482 g/mol. The summed E-state index contributed by atoms with van der Waals surface area (Å²) in [5.41, 5.74) is 2.56. The summed E-state index contributed by atoms with van der Waals surface area (Å²) in [6.07, 6.45) is 5.91. The van der Waals surface area contributed by atoms with Crippen molar-refractivity contribution in [3.63, 3.8) is 0 Å². The third kappa shape index (κ3) is 4.22. The van der Waals surface area contributed by atoms with Crippen LogP contribution in [0.4, 0.5) is 0 Å². The molecule has 2 heterocycles. The summed E-state index contributed by atoms with van der Waals surface area (Å²) in [5.74, 6) is -0.480. The Morgan fingerprint density at radius 2 is 1.66 bits per heavy atom. The molecule has 32 heavy (non-hydrogen) atoms. The molecule has 1 aliphatic rings. The van der Waals surface area contributed by atoms with Crippen LogP contribution in [0.1, 0.15) is 24.1 Å². The fourth-order valence-corrected chi connectivity index (χ4v) is 5.51. The number of benzene rings is 2. The number of carbonyl (C=O) groups excluding carboxylic acids is 1. The van der Waals surface area contributed by atoms with E-state index in [0.29, 0.717) is 20.6 Å². The number of hydrogen-bond donors (Lipinski definition) is 0. The van der Waals surface area contributed by atoms with Gasteiger partial charge >= 0.3 is 5.97 Å². The smallest absolute Gasteiger partial charge is 0.338 e. The summed E-state index contributed by atoms with van der Waals surface area (Å²) in [6, 6.07) is 15.4. The number of thioether (sulfide) groups is 2. The van der Waals surface area contributed by atoms with E-state index in [1.165, 1.54) is 18.4 Å². The van der Waals surface area contributed by atoms with Crippen LogP contribution < -0.4 is 14.9 Å². The van der Waals surface area contributed by atoms with E-state index in [1.54, 1.807) is 35.0 Å². The zero-order valence-corrected chi connectivity index (χ0v) is 20.6. The molecule has 1 atom stereocenters. The fraction of sp³-hybridized carbons (Fsp3) is 0.208. The first kappa shape index (κ1) is 22.6. The molecule has 0 aliphatic carbocycles. The average Bonchev–Trinajstić information content (AvgIpc) is 3.12. The second kappa shape index (κ2) is 9.52. The van der Waals surface area contributed by atoms with E-state index < -0.39 is 12.0 Å². The van der Waals surface area contributed by atoms with Gasteiger partial charge in [-0.2, -0.15) is 0 Å². The number of esters is 1. The SMILES string of the molecule is COC(=O)C1=C(C)N=c2sc(=Cc3ccc(SC)cc3)c(=O)n2C1c1ccc(SC)cc1. The quantitative estimate of drug-likeness (QED) is 0.408. The normalized spacial score (nSPS) is 16.0. The largest absolute Gasteiger partial charge is 0.466 e. The van der Waals surface area contributed by atoms with Gasteiger partial charge < -0.3 is 4.74 Å². The first-order chi connectivity index (χ1) is 15.5. The zero-order chi connectivity index (χ0) is 22.8. The van der Waals surface area contributed by atoms with Crippen LogP contribution in [0.15, 0.2) is 79.4 Å². The van der Waals surface area contributed by atoms with Crippen molar-refractivity contribution in [2.24, 2.45) is 4.99 Å². The third-order valence-electron chi connectivity index (χ3n) is 5.27. The van der Waals surface area contributed by atoms with Crippen molar-refractivity contribution in [1.82, 2.24) is 4.57 Å². The van der Waals surface area contributed by atoms with Gasteiger partial charge in [-0.05, 0) is 60.9 Å². The molecule has 0 fully saturated rings. The number of carbonyl (C=O) groups is 1. The highest BCUT2D eigenvalue weighted by atomic mass is 32.2. The molecule has 1 aromatic heterocycles. The van der Waals surface area contributed by atoms with Crippen molar-refractivity contribution < 1.29 is 9.53 Å². The van der Waals surface area contributed by atoms with Gasteiger partial charge in [0.05, 0.1) is 29.0 Å². The summed E-state index contributed by atoms with van der Waals surface area (Å²) in [7, 11) is 1.35. The maximum absolute atomic E-state index is 13.5.